The molecule has 0 radical (unpaired) electrons. The molecule has 0 amide bonds. The number of ether oxygens (including phenoxy) is 1. The van der Waals surface area contributed by atoms with E-state index in [1.807, 2.05) is 47.4 Å². The lowest BCUT2D eigenvalue weighted by atomic mass is 10.1. The second-order valence-corrected chi connectivity index (χ2v) is 6.22. The Bertz CT molecular complexity index is 802. The Morgan fingerprint density at radius 1 is 1.08 bits per heavy atom. The highest BCUT2D eigenvalue weighted by molar-refractivity contribution is 8.06. The van der Waals surface area contributed by atoms with Gasteiger partial charge in [0.15, 0.2) is 0 Å². The Morgan fingerprint density at radius 2 is 1.83 bits per heavy atom. The Hall–Kier alpha value is -2.44. The summed E-state index contributed by atoms with van der Waals surface area (Å²) >= 11 is 1.65. The number of benzene rings is 2. The van der Waals surface area contributed by atoms with Crippen LogP contribution in [0.1, 0.15) is 12.5 Å². The summed E-state index contributed by atoms with van der Waals surface area (Å²) in [5.41, 5.74) is 6.36. The Morgan fingerprint density at radius 3 is 2.54 bits per heavy atom. The van der Waals surface area contributed by atoms with Crippen molar-refractivity contribution in [2.75, 3.05) is 11.6 Å². The van der Waals surface area contributed by atoms with Crippen molar-refractivity contribution >= 4 is 23.1 Å². The van der Waals surface area contributed by atoms with E-state index in [2.05, 4.69) is 10.9 Å². The van der Waals surface area contributed by atoms with Crippen molar-refractivity contribution in [2.24, 2.45) is 0 Å². The van der Waals surface area contributed by atoms with Crippen molar-refractivity contribution < 1.29 is 9.13 Å². The van der Waals surface area contributed by atoms with Crippen LogP contribution >= 0.6 is 11.8 Å². The van der Waals surface area contributed by atoms with Crippen LogP contribution in [0.3, 0.4) is 0 Å². The molecule has 24 heavy (non-hydrogen) atoms. The van der Waals surface area contributed by atoms with Gasteiger partial charge < -0.3 is 4.74 Å². The van der Waals surface area contributed by atoms with Gasteiger partial charge in [-0.05, 0) is 55.5 Å². The summed E-state index contributed by atoms with van der Waals surface area (Å²) in [6, 6.07) is 14.4. The van der Waals surface area contributed by atoms with Crippen LogP contribution in [0.2, 0.25) is 0 Å². The SMILES string of the molecule is CCOc1ccc(C2=CSC3=CN(c4ccc(F)cc4)NN32)cc1. The second-order valence-electron chi connectivity index (χ2n) is 5.33. The predicted molar refractivity (Wildman–Crippen MR) is 95.1 cm³/mol. The van der Waals surface area contributed by atoms with Crippen molar-refractivity contribution in [1.29, 1.82) is 0 Å². The van der Waals surface area contributed by atoms with E-state index in [0.717, 1.165) is 27.7 Å². The van der Waals surface area contributed by atoms with Gasteiger partial charge in [-0.15, -0.1) is 5.53 Å². The summed E-state index contributed by atoms with van der Waals surface area (Å²) < 4.78 is 18.6. The van der Waals surface area contributed by atoms with Gasteiger partial charge in [0.1, 0.15) is 16.6 Å². The van der Waals surface area contributed by atoms with E-state index in [4.69, 9.17) is 4.74 Å². The average molecular weight is 341 g/mol. The number of anilines is 1. The third-order valence-corrected chi connectivity index (χ3v) is 4.64. The fraction of sp³-hybridized carbons (Fsp3) is 0.111. The van der Waals surface area contributed by atoms with Gasteiger partial charge in [-0.3, -0.25) is 5.01 Å². The predicted octanol–water partition coefficient (Wildman–Crippen LogP) is 4.31. The molecule has 0 spiro atoms. The highest BCUT2D eigenvalue weighted by Gasteiger charge is 2.30. The molecule has 2 heterocycles. The Kier molecular flexibility index (Phi) is 3.92. The Balaban J connectivity index is 1.53. The molecule has 0 aliphatic carbocycles. The molecule has 2 aromatic rings. The van der Waals surface area contributed by atoms with Gasteiger partial charge in [-0.25, -0.2) is 9.40 Å². The van der Waals surface area contributed by atoms with Crippen LogP contribution in [0, 0.1) is 5.82 Å². The summed E-state index contributed by atoms with van der Waals surface area (Å²) in [7, 11) is 0. The van der Waals surface area contributed by atoms with Crippen molar-refractivity contribution in [3.63, 3.8) is 0 Å². The van der Waals surface area contributed by atoms with E-state index >= 15 is 0 Å². The van der Waals surface area contributed by atoms with Crippen LogP contribution in [0.5, 0.6) is 5.75 Å². The van der Waals surface area contributed by atoms with Gasteiger partial charge in [-0.2, -0.15) is 0 Å². The van der Waals surface area contributed by atoms with Crippen molar-refractivity contribution in [3.05, 3.63) is 76.5 Å². The lowest BCUT2D eigenvalue weighted by Crippen LogP contribution is -2.38. The fourth-order valence-corrected chi connectivity index (χ4v) is 3.48. The first kappa shape index (κ1) is 15.1. The van der Waals surface area contributed by atoms with E-state index in [-0.39, 0.29) is 5.82 Å². The zero-order chi connectivity index (χ0) is 16.5. The normalized spacial score (nSPS) is 16.1. The van der Waals surface area contributed by atoms with Crippen LogP contribution in [-0.4, -0.2) is 11.6 Å². The number of nitrogens with one attached hydrogen (secondary N) is 1. The minimum absolute atomic E-state index is 0.240. The molecule has 0 aromatic heterocycles. The van der Waals surface area contributed by atoms with Crippen molar-refractivity contribution in [2.45, 2.75) is 6.92 Å². The molecule has 6 heteroatoms. The van der Waals surface area contributed by atoms with Gasteiger partial charge in [0.25, 0.3) is 0 Å². The first-order chi connectivity index (χ1) is 11.7. The van der Waals surface area contributed by atoms with Crippen LogP contribution < -0.4 is 15.3 Å². The number of thioether (sulfide) groups is 1. The van der Waals surface area contributed by atoms with E-state index in [9.17, 15) is 4.39 Å². The van der Waals surface area contributed by atoms with Crippen LogP contribution in [-0.2, 0) is 0 Å². The van der Waals surface area contributed by atoms with E-state index < -0.39 is 0 Å². The van der Waals surface area contributed by atoms with E-state index in [1.54, 1.807) is 23.9 Å². The molecule has 0 fully saturated rings. The zero-order valence-corrected chi connectivity index (χ0v) is 13.9. The molecule has 2 aliphatic heterocycles. The molecule has 1 N–H and O–H groups in total. The number of hydrogen-bond acceptors (Lipinski definition) is 5. The molecule has 0 bridgehead atoms. The zero-order valence-electron chi connectivity index (χ0n) is 13.1. The van der Waals surface area contributed by atoms with Gasteiger partial charge in [0.05, 0.1) is 24.2 Å². The highest BCUT2D eigenvalue weighted by atomic mass is 32.2. The number of hydrogen-bond donors (Lipinski definition) is 1. The molecule has 0 unspecified atom stereocenters. The molecule has 2 aromatic carbocycles. The van der Waals surface area contributed by atoms with Crippen molar-refractivity contribution in [1.82, 2.24) is 10.5 Å². The minimum Gasteiger partial charge on any atom is -0.494 e. The lowest BCUT2D eigenvalue weighted by Gasteiger charge is -2.23. The number of rotatable bonds is 4. The quantitative estimate of drug-likeness (QED) is 0.894. The fourth-order valence-electron chi connectivity index (χ4n) is 2.60. The number of nitrogens with zero attached hydrogens (tertiary/aromatic N) is 2. The topological polar surface area (TPSA) is 27.7 Å². The summed E-state index contributed by atoms with van der Waals surface area (Å²) in [4.78, 5) is 0. The standard InChI is InChI=1S/C18H16FN3OS/c1-2-23-16-9-3-13(4-10-16)17-12-24-18-11-21(20-22(17)18)15-7-5-14(19)6-8-15/h3-12,20H,2H2,1H3. The first-order valence-electron chi connectivity index (χ1n) is 7.68. The van der Waals surface area contributed by atoms with Crippen LogP contribution in [0.15, 0.2) is 65.2 Å². The highest BCUT2D eigenvalue weighted by Crippen LogP contribution is 2.41. The van der Waals surface area contributed by atoms with Gasteiger partial charge in [0.2, 0.25) is 0 Å². The average Bonchev–Trinajstić information content (AvgIpc) is 3.17. The molecule has 0 saturated heterocycles. The molecule has 122 valence electrons. The number of halogens is 1. The molecule has 0 saturated carbocycles. The maximum Gasteiger partial charge on any atom is 0.123 e. The summed E-state index contributed by atoms with van der Waals surface area (Å²) in [5, 5.41) is 7.08. The number of fused-ring (bicyclic) bond motifs is 1. The van der Waals surface area contributed by atoms with E-state index in [0.29, 0.717) is 6.61 Å². The monoisotopic (exact) mass is 341 g/mol. The molecule has 4 nitrogen and oxygen atoms in total. The van der Waals surface area contributed by atoms with Gasteiger partial charge in [0, 0.05) is 11.0 Å². The minimum atomic E-state index is -0.240. The maximum atomic E-state index is 13.1. The Labute approximate surface area is 144 Å². The van der Waals surface area contributed by atoms with Crippen LogP contribution in [0.25, 0.3) is 5.70 Å². The second kappa shape index (κ2) is 6.22. The summed E-state index contributed by atoms with van der Waals surface area (Å²) in [6.45, 7) is 2.63. The third-order valence-electron chi connectivity index (χ3n) is 3.77. The largest absolute Gasteiger partial charge is 0.494 e. The summed E-state index contributed by atoms with van der Waals surface area (Å²) in [6.07, 6.45) is 2.00. The van der Waals surface area contributed by atoms with Crippen LogP contribution in [0.4, 0.5) is 10.1 Å². The van der Waals surface area contributed by atoms with Gasteiger partial charge >= 0.3 is 0 Å². The first-order valence-corrected chi connectivity index (χ1v) is 8.55. The molecule has 4 rings (SSSR count). The van der Waals surface area contributed by atoms with Gasteiger partial charge in [-0.1, -0.05) is 11.8 Å². The molecule has 2 aliphatic rings. The molecular formula is C18H16FN3OS. The smallest absolute Gasteiger partial charge is 0.123 e. The van der Waals surface area contributed by atoms with E-state index in [1.165, 1.54) is 12.1 Å². The molecule has 0 atom stereocenters. The summed E-state index contributed by atoms with van der Waals surface area (Å²) in [5.74, 6) is 0.626. The number of hydrazine groups is 2. The lowest BCUT2D eigenvalue weighted by molar-refractivity contribution is 0.340. The third kappa shape index (κ3) is 2.74. The van der Waals surface area contributed by atoms with Crippen molar-refractivity contribution in [3.8, 4) is 5.75 Å². The maximum absolute atomic E-state index is 13.1. The molecular weight excluding hydrogens is 325 g/mol.